The van der Waals surface area contributed by atoms with Crippen molar-refractivity contribution in [1.82, 2.24) is 0 Å². The smallest absolute Gasteiger partial charge is 0.255 e. The van der Waals surface area contributed by atoms with E-state index < -0.39 is 0 Å². The third-order valence-electron chi connectivity index (χ3n) is 2.85. The number of carbonyl (C=O) groups is 1. The van der Waals surface area contributed by atoms with Crippen molar-refractivity contribution in [3.8, 4) is 0 Å². The van der Waals surface area contributed by atoms with Crippen molar-refractivity contribution >= 4 is 23.4 Å². The Hall–Kier alpha value is -1.74. The number of aryl methyl sites for hydroxylation is 1. The maximum Gasteiger partial charge on any atom is 0.255 e. The lowest BCUT2D eigenvalue weighted by molar-refractivity contribution is 0.102. The molecule has 110 valence electrons. The Morgan fingerprint density at radius 2 is 1.52 bits per heavy atom. The molecule has 0 aliphatic rings. The molecule has 0 unspecified atom stereocenters. The van der Waals surface area contributed by atoms with Crippen LogP contribution in [-0.4, -0.2) is 10.7 Å². The highest BCUT2D eigenvalue weighted by molar-refractivity contribution is 8.00. The Morgan fingerprint density at radius 1 is 0.952 bits per heavy atom. The topological polar surface area (TPSA) is 29.1 Å². The number of amides is 1. The SMILES string of the molecule is Cc1ccc(C(=O)Nc2ccc(SC(C)(C)C)cc2)cc1. The maximum absolute atomic E-state index is 12.1. The molecular weight excluding hydrogens is 278 g/mol. The molecule has 2 nitrogen and oxygen atoms in total. The highest BCUT2D eigenvalue weighted by Crippen LogP contribution is 2.32. The Balaban J connectivity index is 2.03. The summed E-state index contributed by atoms with van der Waals surface area (Å²) in [6.45, 7) is 8.56. The molecule has 0 aliphatic heterocycles. The van der Waals surface area contributed by atoms with Crippen LogP contribution in [0.15, 0.2) is 53.4 Å². The van der Waals surface area contributed by atoms with Crippen molar-refractivity contribution in [2.45, 2.75) is 37.3 Å². The molecule has 2 rings (SSSR count). The summed E-state index contributed by atoms with van der Waals surface area (Å²) in [5.74, 6) is -0.0776. The van der Waals surface area contributed by atoms with E-state index in [1.54, 1.807) is 0 Å². The molecule has 3 heteroatoms. The molecule has 21 heavy (non-hydrogen) atoms. The van der Waals surface area contributed by atoms with Crippen molar-refractivity contribution in [3.63, 3.8) is 0 Å². The van der Waals surface area contributed by atoms with Crippen LogP contribution in [0.25, 0.3) is 0 Å². The summed E-state index contributed by atoms with van der Waals surface area (Å²) < 4.78 is 0.187. The highest BCUT2D eigenvalue weighted by atomic mass is 32.2. The molecule has 0 radical (unpaired) electrons. The maximum atomic E-state index is 12.1. The number of hydrogen-bond donors (Lipinski definition) is 1. The van der Waals surface area contributed by atoms with E-state index in [-0.39, 0.29) is 10.7 Å². The lowest BCUT2D eigenvalue weighted by Gasteiger charge is -2.17. The second-order valence-corrected chi connectivity index (χ2v) is 7.96. The van der Waals surface area contributed by atoms with Gasteiger partial charge in [0.2, 0.25) is 0 Å². The third kappa shape index (κ3) is 4.94. The van der Waals surface area contributed by atoms with Crippen LogP contribution in [0.1, 0.15) is 36.7 Å². The second kappa shape index (κ2) is 6.35. The third-order valence-corrected chi connectivity index (χ3v) is 3.97. The first-order chi connectivity index (χ1) is 9.83. The first-order valence-electron chi connectivity index (χ1n) is 7.01. The van der Waals surface area contributed by atoms with Crippen LogP contribution in [0.5, 0.6) is 0 Å². The quantitative estimate of drug-likeness (QED) is 0.795. The molecule has 0 heterocycles. The van der Waals surface area contributed by atoms with Crippen LogP contribution in [0.4, 0.5) is 5.69 Å². The van der Waals surface area contributed by atoms with E-state index in [1.165, 1.54) is 4.90 Å². The van der Waals surface area contributed by atoms with E-state index in [0.717, 1.165) is 11.3 Å². The van der Waals surface area contributed by atoms with Crippen molar-refractivity contribution in [2.75, 3.05) is 5.32 Å². The summed E-state index contributed by atoms with van der Waals surface area (Å²) in [7, 11) is 0. The lowest BCUT2D eigenvalue weighted by Crippen LogP contribution is -2.11. The summed E-state index contributed by atoms with van der Waals surface area (Å²) in [5.41, 5.74) is 2.64. The Labute approximate surface area is 131 Å². The molecule has 0 bridgehead atoms. The van der Waals surface area contributed by atoms with Gasteiger partial charge in [0.15, 0.2) is 0 Å². The minimum absolute atomic E-state index is 0.0776. The summed E-state index contributed by atoms with van der Waals surface area (Å²) in [4.78, 5) is 13.3. The molecule has 0 aliphatic carbocycles. The first-order valence-corrected chi connectivity index (χ1v) is 7.82. The molecule has 0 fully saturated rings. The number of benzene rings is 2. The number of nitrogens with one attached hydrogen (secondary N) is 1. The Morgan fingerprint density at radius 3 is 2.05 bits per heavy atom. The first kappa shape index (κ1) is 15.6. The van der Waals surface area contributed by atoms with Crippen LogP contribution in [0.2, 0.25) is 0 Å². The Bertz CT molecular complexity index is 609. The van der Waals surface area contributed by atoms with E-state index >= 15 is 0 Å². The predicted molar refractivity (Wildman–Crippen MR) is 91.2 cm³/mol. The minimum atomic E-state index is -0.0776. The molecule has 0 saturated heterocycles. The zero-order chi connectivity index (χ0) is 15.5. The molecule has 0 atom stereocenters. The van der Waals surface area contributed by atoms with Gasteiger partial charge >= 0.3 is 0 Å². The van der Waals surface area contributed by atoms with Crippen molar-refractivity contribution in [2.24, 2.45) is 0 Å². The summed E-state index contributed by atoms with van der Waals surface area (Å²) >= 11 is 1.81. The molecule has 1 amide bonds. The van der Waals surface area contributed by atoms with Gasteiger partial charge in [-0.1, -0.05) is 38.5 Å². The molecular formula is C18H21NOS. The van der Waals surface area contributed by atoms with Gasteiger partial charge in [0.05, 0.1) is 0 Å². The van der Waals surface area contributed by atoms with Gasteiger partial charge in [-0.3, -0.25) is 4.79 Å². The molecule has 2 aromatic carbocycles. The van der Waals surface area contributed by atoms with E-state index in [0.29, 0.717) is 5.56 Å². The monoisotopic (exact) mass is 299 g/mol. The average Bonchev–Trinajstić information content (AvgIpc) is 2.40. The van der Waals surface area contributed by atoms with Crippen LogP contribution < -0.4 is 5.32 Å². The molecule has 1 N–H and O–H groups in total. The zero-order valence-electron chi connectivity index (χ0n) is 12.9. The number of carbonyl (C=O) groups excluding carboxylic acids is 1. The zero-order valence-corrected chi connectivity index (χ0v) is 13.8. The second-order valence-electron chi connectivity index (χ2n) is 6.06. The number of anilines is 1. The fourth-order valence-corrected chi connectivity index (χ4v) is 2.85. The largest absolute Gasteiger partial charge is 0.322 e. The van der Waals surface area contributed by atoms with E-state index in [9.17, 15) is 4.79 Å². The van der Waals surface area contributed by atoms with E-state index in [1.807, 2.05) is 67.2 Å². The van der Waals surface area contributed by atoms with Gasteiger partial charge in [-0.05, 0) is 43.3 Å². The van der Waals surface area contributed by atoms with Crippen molar-refractivity contribution in [1.29, 1.82) is 0 Å². The number of thioether (sulfide) groups is 1. The molecule has 0 saturated carbocycles. The van der Waals surface area contributed by atoms with Gasteiger partial charge in [-0.15, -0.1) is 11.8 Å². The standard InChI is InChI=1S/C18H21NOS/c1-13-5-7-14(8-6-13)17(20)19-15-9-11-16(12-10-15)21-18(2,3)4/h5-12H,1-4H3,(H,19,20). The highest BCUT2D eigenvalue weighted by Gasteiger charge is 2.12. The van der Waals surface area contributed by atoms with Crippen LogP contribution in [0, 0.1) is 6.92 Å². The van der Waals surface area contributed by atoms with Crippen LogP contribution in [-0.2, 0) is 0 Å². The van der Waals surface area contributed by atoms with Gasteiger partial charge in [0.25, 0.3) is 5.91 Å². The lowest BCUT2D eigenvalue weighted by atomic mass is 10.1. The van der Waals surface area contributed by atoms with Crippen LogP contribution >= 0.6 is 11.8 Å². The predicted octanol–water partition coefficient (Wildman–Crippen LogP) is 5.14. The average molecular weight is 299 g/mol. The van der Waals surface area contributed by atoms with Gasteiger partial charge < -0.3 is 5.32 Å². The van der Waals surface area contributed by atoms with Gasteiger partial charge in [-0.25, -0.2) is 0 Å². The molecule has 0 aromatic heterocycles. The van der Waals surface area contributed by atoms with E-state index in [2.05, 4.69) is 26.1 Å². The number of hydrogen-bond acceptors (Lipinski definition) is 2. The summed E-state index contributed by atoms with van der Waals surface area (Å²) in [5, 5.41) is 2.92. The van der Waals surface area contributed by atoms with Crippen LogP contribution in [0.3, 0.4) is 0 Å². The minimum Gasteiger partial charge on any atom is -0.322 e. The van der Waals surface area contributed by atoms with Gasteiger partial charge in [-0.2, -0.15) is 0 Å². The van der Waals surface area contributed by atoms with Crippen molar-refractivity contribution in [3.05, 3.63) is 59.7 Å². The van der Waals surface area contributed by atoms with Crippen molar-refractivity contribution < 1.29 is 4.79 Å². The fraction of sp³-hybridized carbons (Fsp3) is 0.278. The van der Waals surface area contributed by atoms with Gasteiger partial charge in [0.1, 0.15) is 0 Å². The summed E-state index contributed by atoms with van der Waals surface area (Å²) in [6, 6.07) is 15.5. The van der Waals surface area contributed by atoms with E-state index in [4.69, 9.17) is 0 Å². The fourth-order valence-electron chi connectivity index (χ4n) is 1.87. The normalized spacial score (nSPS) is 11.2. The Kier molecular flexibility index (Phi) is 4.73. The molecule has 2 aromatic rings. The summed E-state index contributed by atoms with van der Waals surface area (Å²) in [6.07, 6.45) is 0. The molecule has 0 spiro atoms. The number of rotatable bonds is 3. The van der Waals surface area contributed by atoms with Gasteiger partial charge in [0, 0.05) is 20.9 Å².